The quantitative estimate of drug-likeness (QED) is 0.408. The lowest BCUT2D eigenvalue weighted by atomic mass is 10.2. The highest BCUT2D eigenvalue weighted by Crippen LogP contribution is 2.23. The summed E-state index contributed by atoms with van der Waals surface area (Å²) in [6.45, 7) is 0. The molecule has 1 aliphatic rings. The van der Waals surface area contributed by atoms with Gasteiger partial charge in [0.05, 0.1) is 12.2 Å². The van der Waals surface area contributed by atoms with Gasteiger partial charge in [-0.2, -0.15) is 19.6 Å². The van der Waals surface area contributed by atoms with Gasteiger partial charge in [0.25, 0.3) is 5.62 Å². The Hall–Kier alpha value is -3.59. The Balaban J connectivity index is 1.67. The van der Waals surface area contributed by atoms with Crippen LogP contribution in [0.4, 0.5) is 11.6 Å². The number of hydrogen-bond donors (Lipinski definition) is 4. The van der Waals surface area contributed by atoms with E-state index in [4.69, 9.17) is 11.6 Å². The highest BCUT2D eigenvalue weighted by molar-refractivity contribution is 6.30. The minimum absolute atomic E-state index is 0.132. The molecule has 4 aromatic rings. The zero-order chi connectivity index (χ0) is 20.0. The number of H-pyrrole nitrogens is 1. The average molecular weight is 410 g/mol. The van der Waals surface area contributed by atoms with Crippen molar-refractivity contribution in [1.29, 1.82) is 0 Å². The number of benzene rings is 1. The SMILES string of the molecule is Oc1cc(C=c2cnn3c(=NC4CC4)nc(Nc4cccc(Cl)c4)nc23)c(O)[nH]1. The van der Waals surface area contributed by atoms with Gasteiger partial charge in [-0.15, -0.1) is 0 Å². The summed E-state index contributed by atoms with van der Waals surface area (Å²) in [5.74, 6) is 0.0825. The predicted molar refractivity (Wildman–Crippen MR) is 107 cm³/mol. The van der Waals surface area contributed by atoms with Crippen LogP contribution in [0, 0.1) is 0 Å². The molecular weight excluding hydrogens is 394 g/mol. The fourth-order valence-electron chi connectivity index (χ4n) is 2.91. The van der Waals surface area contributed by atoms with E-state index in [1.165, 1.54) is 6.07 Å². The maximum absolute atomic E-state index is 9.91. The normalized spacial score (nSPS) is 15.3. The Morgan fingerprint density at radius 1 is 1.24 bits per heavy atom. The van der Waals surface area contributed by atoms with Gasteiger partial charge in [0, 0.05) is 27.6 Å². The van der Waals surface area contributed by atoms with Crippen LogP contribution in [0.1, 0.15) is 18.4 Å². The number of nitrogens with zero attached hydrogens (tertiary/aromatic N) is 5. The van der Waals surface area contributed by atoms with Crippen LogP contribution in [-0.4, -0.2) is 40.8 Å². The topological polar surface area (TPSA) is 124 Å². The second-order valence-electron chi connectivity index (χ2n) is 6.78. The molecule has 0 spiro atoms. The monoisotopic (exact) mass is 409 g/mol. The van der Waals surface area contributed by atoms with Gasteiger partial charge in [-0.1, -0.05) is 17.7 Å². The third-order valence-electron chi connectivity index (χ3n) is 4.43. The number of hydrogen-bond acceptors (Lipinski definition) is 7. The number of rotatable bonds is 4. The van der Waals surface area contributed by atoms with Crippen molar-refractivity contribution in [2.45, 2.75) is 18.9 Å². The molecule has 3 heterocycles. The molecule has 10 heteroatoms. The van der Waals surface area contributed by atoms with Crippen molar-refractivity contribution >= 4 is 35.0 Å². The van der Waals surface area contributed by atoms with Crippen molar-refractivity contribution in [2.24, 2.45) is 4.99 Å². The van der Waals surface area contributed by atoms with Gasteiger partial charge in [0.15, 0.2) is 17.4 Å². The summed E-state index contributed by atoms with van der Waals surface area (Å²) in [4.78, 5) is 16.2. The molecule has 9 nitrogen and oxygen atoms in total. The molecular formula is C19H16ClN7O2. The summed E-state index contributed by atoms with van der Waals surface area (Å²) in [6, 6.07) is 8.92. The first-order chi connectivity index (χ1) is 14.0. The van der Waals surface area contributed by atoms with Gasteiger partial charge in [-0.05, 0) is 37.1 Å². The molecule has 0 aliphatic heterocycles. The van der Waals surface area contributed by atoms with Crippen molar-refractivity contribution in [3.63, 3.8) is 0 Å². The number of halogens is 1. The first kappa shape index (κ1) is 17.5. The second-order valence-corrected chi connectivity index (χ2v) is 7.22. The molecule has 3 aromatic heterocycles. The van der Waals surface area contributed by atoms with Crippen LogP contribution in [0.3, 0.4) is 0 Å². The van der Waals surface area contributed by atoms with Crippen LogP contribution >= 0.6 is 11.6 Å². The molecule has 0 unspecified atom stereocenters. The fourth-order valence-corrected chi connectivity index (χ4v) is 3.10. The van der Waals surface area contributed by atoms with Crippen LogP contribution in [0.2, 0.25) is 5.02 Å². The Bertz CT molecular complexity index is 1340. The Labute approximate surface area is 169 Å². The minimum Gasteiger partial charge on any atom is -0.494 e. The van der Waals surface area contributed by atoms with Gasteiger partial charge < -0.3 is 15.5 Å². The highest BCUT2D eigenvalue weighted by atomic mass is 35.5. The molecule has 0 bridgehead atoms. The second kappa shape index (κ2) is 6.78. The number of anilines is 2. The molecule has 0 amide bonds. The van der Waals surface area contributed by atoms with E-state index in [-0.39, 0.29) is 17.8 Å². The molecule has 146 valence electrons. The average Bonchev–Trinajstić information content (AvgIpc) is 3.31. The van der Waals surface area contributed by atoms with Gasteiger partial charge in [-0.25, -0.2) is 4.99 Å². The van der Waals surface area contributed by atoms with E-state index >= 15 is 0 Å². The summed E-state index contributed by atoms with van der Waals surface area (Å²) in [7, 11) is 0. The van der Waals surface area contributed by atoms with Crippen molar-refractivity contribution in [3.8, 4) is 11.8 Å². The molecule has 29 heavy (non-hydrogen) atoms. The van der Waals surface area contributed by atoms with E-state index in [2.05, 4.69) is 30.4 Å². The van der Waals surface area contributed by atoms with E-state index < -0.39 is 0 Å². The lowest BCUT2D eigenvalue weighted by Gasteiger charge is -2.05. The predicted octanol–water partition coefficient (Wildman–Crippen LogP) is 1.87. The zero-order valence-corrected chi connectivity index (χ0v) is 15.8. The largest absolute Gasteiger partial charge is 0.494 e. The summed E-state index contributed by atoms with van der Waals surface area (Å²) < 4.78 is 1.57. The lowest BCUT2D eigenvalue weighted by Crippen LogP contribution is -2.24. The smallest absolute Gasteiger partial charge is 0.251 e. The van der Waals surface area contributed by atoms with Crippen LogP contribution < -0.4 is 16.2 Å². The molecule has 1 aromatic carbocycles. The van der Waals surface area contributed by atoms with Gasteiger partial charge in [0.2, 0.25) is 5.95 Å². The van der Waals surface area contributed by atoms with E-state index in [1.54, 1.807) is 28.9 Å². The highest BCUT2D eigenvalue weighted by Gasteiger charge is 2.21. The van der Waals surface area contributed by atoms with Crippen molar-refractivity contribution < 1.29 is 10.2 Å². The van der Waals surface area contributed by atoms with Gasteiger partial charge >= 0.3 is 0 Å². The molecule has 1 fully saturated rings. The summed E-state index contributed by atoms with van der Waals surface area (Å²) in [6.07, 6.45) is 5.34. The zero-order valence-electron chi connectivity index (χ0n) is 15.0. The fraction of sp³-hybridized carbons (Fsp3) is 0.158. The van der Waals surface area contributed by atoms with Crippen LogP contribution in [0.5, 0.6) is 11.8 Å². The van der Waals surface area contributed by atoms with Gasteiger partial charge in [0.1, 0.15) is 0 Å². The summed E-state index contributed by atoms with van der Waals surface area (Å²) in [5, 5.41) is 28.2. The van der Waals surface area contributed by atoms with Crippen molar-refractivity contribution in [2.75, 3.05) is 5.32 Å². The van der Waals surface area contributed by atoms with E-state index in [0.29, 0.717) is 33.0 Å². The van der Waals surface area contributed by atoms with Crippen LogP contribution in [0.15, 0.2) is 41.5 Å². The summed E-state index contributed by atoms with van der Waals surface area (Å²) in [5.41, 5.74) is 2.13. The number of aromatic amines is 1. The maximum atomic E-state index is 9.91. The van der Waals surface area contributed by atoms with Crippen LogP contribution in [-0.2, 0) is 0 Å². The Morgan fingerprint density at radius 2 is 2.10 bits per heavy atom. The lowest BCUT2D eigenvalue weighted by molar-refractivity contribution is 0.425. The summed E-state index contributed by atoms with van der Waals surface area (Å²) >= 11 is 6.06. The van der Waals surface area contributed by atoms with E-state index in [0.717, 1.165) is 18.5 Å². The molecule has 1 saturated carbocycles. The van der Waals surface area contributed by atoms with Crippen molar-refractivity contribution in [3.05, 3.63) is 58.0 Å². The molecule has 1 aliphatic carbocycles. The standard InChI is InChI=1S/C19H16ClN7O2/c20-12-2-1-3-14(8-12)22-18-25-16-11(6-10-7-15(28)24-17(10)29)9-21-27(16)19(26-18)23-13-4-5-13/h1-3,6-9,13,24,28-29H,4-5H2,(H,22,23,26). The maximum Gasteiger partial charge on any atom is 0.251 e. The van der Waals surface area contributed by atoms with Crippen molar-refractivity contribution in [1.82, 2.24) is 24.6 Å². The Morgan fingerprint density at radius 3 is 2.83 bits per heavy atom. The number of aromatic hydroxyl groups is 2. The molecule has 4 N–H and O–H groups in total. The first-order valence-corrected chi connectivity index (χ1v) is 9.38. The van der Waals surface area contributed by atoms with Crippen LogP contribution in [0.25, 0.3) is 11.7 Å². The Kier molecular flexibility index (Phi) is 4.09. The van der Waals surface area contributed by atoms with Gasteiger partial charge in [-0.3, -0.25) is 4.98 Å². The number of nitrogens with one attached hydrogen (secondary N) is 2. The molecule has 0 atom stereocenters. The minimum atomic E-state index is -0.143. The third-order valence-corrected chi connectivity index (χ3v) is 4.66. The third kappa shape index (κ3) is 3.59. The number of aromatic nitrogens is 5. The molecule has 0 radical (unpaired) electrons. The molecule has 0 saturated heterocycles. The number of fused-ring (bicyclic) bond motifs is 1. The molecule has 5 rings (SSSR count). The van der Waals surface area contributed by atoms with E-state index in [1.807, 2.05) is 12.1 Å². The first-order valence-electron chi connectivity index (χ1n) is 9.00. The van der Waals surface area contributed by atoms with E-state index in [9.17, 15) is 10.2 Å².